The van der Waals surface area contributed by atoms with Crippen molar-refractivity contribution in [3.05, 3.63) is 34.6 Å². The van der Waals surface area contributed by atoms with Crippen LogP contribution in [-0.2, 0) is 22.4 Å². The van der Waals surface area contributed by atoms with Crippen molar-refractivity contribution >= 4 is 34.4 Å². The molecule has 8 rings (SSSR count). The minimum atomic E-state index is -0.509. The van der Waals surface area contributed by atoms with Crippen molar-refractivity contribution in [3.63, 3.8) is 0 Å². The molecule has 270 valence electrons. The number of aryl methyl sites for hydroxylation is 1. The summed E-state index contributed by atoms with van der Waals surface area (Å²) in [6, 6.07) is 2.28. The molecule has 2 aromatic heterocycles. The molecule has 5 aliphatic rings. The van der Waals surface area contributed by atoms with Crippen molar-refractivity contribution in [3.8, 4) is 0 Å². The number of hydrogen-bond acceptors (Lipinski definition) is 10. The number of carbonyl (C=O) groups is 1. The smallest absolute Gasteiger partial charge is 0.410 e. The highest BCUT2D eigenvalue weighted by molar-refractivity contribution is 5.95. The second kappa shape index (κ2) is 12.5. The minimum Gasteiger partial charge on any atom is -0.444 e. The number of ether oxygens (including phenoxy) is 2. The van der Waals surface area contributed by atoms with Gasteiger partial charge >= 0.3 is 6.09 Å². The molecule has 12 nitrogen and oxygen atoms in total. The van der Waals surface area contributed by atoms with Crippen LogP contribution < -0.4 is 14.7 Å². The van der Waals surface area contributed by atoms with Crippen molar-refractivity contribution in [1.82, 2.24) is 29.5 Å². The molecule has 12 heteroatoms. The molecule has 4 aliphatic heterocycles. The summed E-state index contributed by atoms with van der Waals surface area (Å²) in [5.74, 6) is 2.52. The number of piperazine rings is 1. The molecule has 1 amide bonds. The first kappa shape index (κ1) is 33.5. The summed E-state index contributed by atoms with van der Waals surface area (Å²) in [5, 5.41) is 6.08. The van der Waals surface area contributed by atoms with E-state index in [1.54, 1.807) is 0 Å². The van der Waals surface area contributed by atoms with Crippen LogP contribution in [0.2, 0.25) is 0 Å². The molecule has 0 radical (unpaired) electrons. The standard InChI is InChI=1S/C38H55N9O3/c1-25-20-31-29(21-39-47(31)32-10-8-9-19-49-32)33(26(25)2)45-14-11-28-30(24-45)40-35(46-22-27(23-46)38(12-13-38)42(6)7)41-34(28)43-15-17-44(18-16-43)36(48)50-37(3,4)5/h20-21,27,32H,8-19,22-24H2,1-7H3. The van der Waals surface area contributed by atoms with Gasteiger partial charge in [0, 0.05) is 74.8 Å². The van der Waals surface area contributed by atoms with Gasteiger partial charge in [0.1, 0.15) is 11.4 Å². The Kier molecular flexibility index (Phi) is 8.40. The number of fused-ring (bicyclic) bond motifs is 2. The van der Waals surface area contributed by atoms with E-state index >= 15 is 0 Å². The normalized spacial score (nSPS) is 22.6. The van der Waals surface area contributed by atoms with Crippen LogP contribution in [0.1, 0.15) is 81.5 Å². The van der Waals surface area contributed by atoms with E-state index in [-0.39, 0.29) is 12.3 Å². The zero-order valence-corrected chi connectivity index (χ0v) is 31.2. The third-order valence-electron chi connectivity index (χ3n) is 12.0. The molecule has 1 aromatic carbocycles. The van der Waals surface area contributed by atoms with E-state index in [1.807, 2.05) is 31.9 Å². The molecular formula is C38H55N9O3. The van der Waals surface area contributed by atoms with Gasteiger partial charge in [0.05, 0.1) is 29.6 Å². The van der Waals surface area contributed by atoms with Crippen molar-refractivity contribution in [2.75, 3.05) is 81.2 Å². The predicted octanol–water partition coefficient (Wildman–Crippen LogP) is 5.29. The van der Waals surface area contributed by atoms with E-state index in [0.717, 1.165) is 88.1 Å². The highest BCUT2D eigenvalue weighted by Crippen LogP contribution is 2.50. The number of aromatic nitrogens is 4. The molecule has 1 aliphatic carbocycles. The fourth-order valence-corrected chi connectivity index (χ4v) is 8.70. The van der Waals surface area contributed by atoms with E-state index in [2.05, 4.69) is 58.3 Å². The van der Waals surface area contributed by atoms with Crippen LogP contribution in [-0.4, -0.2) is 113 Å². The minimum absolute atomic E-state index is 0.00504. The lowest BCUT2D eigenvalue weighted by atomic mass is 9.88. The zero-order valence-electron chi connectivity index (χ0n) is 31.2. The summed E-state index contributed by atoms with van der Waals surface area (Å²) in [7, 11) is 4.45. The first-order valence-corrected chi connectivity index (χ1v) is 18.8. The monoisotopic (exact) mass is 685 g/mol. The quantitative estimate of drug-likeness (QED) is 0.341. The number of hydrogen-bond donors (Lipinski definition) is 0. The summed E-state index contributed by atoms with van der Waals surface area (Å²) >= 11 is 0. The first-order chi connectivity index (χ1) is 23.9. The number of rotatable bonds is 6. The molecule has 4 fully saturated rings. The number of carbonyl (C=O) groups excluding carboxylic acids is 1. The van der Waals surface area contributed by atoms with E-state index < -0.39 is 5.60 Å². The van der Waals surface area contributed by atoms with E-state index in [1.165, 1.54) is 47.0 Å². The molecule has 0 bridgehead atoms. The SMILES string of the molecule is Cc1cc2c(cnn2C2CCCCO2)c(N2CCc3c(nc(N4CC(C5(N(C)C)CC5)C4)nc3N3CCN(C(=O)OC(C)(C)C)CC3)C2)c1C. The summed E-state index contributed by atoms with van der Waals surface area (Å²) in [4.78, 5) is 35.1. The molecule has 1 atom stereocenters. The van der Waals surface area contributed by atoms with Crippen LogP contribution in [0.25, 0.3) is 10.9 Å². The van der Waals surface area contributed by atoms with E-state index in [4.69, 9.17) is 24.5 Å². The van der Waals surface area contributed by atoms with Gasteiger partial charge in [0.15, 0.2) is 6.23 Å². The maximum absolute atomic E-state index is 12.9. The van der Waals surface area contributed by atoms with Gasteiger partial charge in [-0.15, -0.1) is 0 Å². The summed E-state index contributed by atoms with van der Waals surface area (Å²) < 4.78 is 14.0. The lowest BCUT2D eigenvalue weighted by Crippen LogP contribution is -2.57. The van der Waals surface area contributed by atoms with Gasteiger partial charge in [-0.1, -0.05) is 0 Å². The second-order valence-corrected chi connectivity index (χ2v) is 16.5. The maximum atomic E-state index is 12.9. The van der Waals surface area contributed by atoms with Crippen LogP contribution in [0.4, 0.5) is 22.2 Å². The van der Waals surface area contributed by atoms with Crippen molar-refractivity contribution in [2.45, 2.75) is 97.1 Å². The van der Waals surface area contributed by atoms with Crippen LogP contribution in [0.15, 0.2) is 12.3 Å². The molecule has 3 saturated heterocycles. The number of benzene rings is 1. The molecule has 0 spiro atoms. The van der Waals surface area contributed by atoms with Gasteiger partial charge in [0.25, 0.3) is 0 Å². The molecular weight excluding hydrogens is 630 g/mol. The van der Waals surface area contributed by atoms with Crippen molar-refractivity contribution < 1.29 is 14.3 Å². The van der Waals surface area contributed by atoms with Crippen molar-refractivity contribution in [2.24, 2.45) is 5.92 Å². The third kappa shape index (κ3) is 5.95. The first-order valence-electron chi connectivity index (χ1n) is 18.8. The van der Waals surface area contributed by atoms with Gasteiger partial charge in [-0.05, 0) is 104 Å². The highest BCUT2D eigenvalue weighted by atomic mass is 16.6. The summed E-state index contributed by atoms with van der Waals surface area (Å²) in [6.45, 7) is 17.3. The average molecular weight is 686 g/mol. The Morgan fingerprint density at radius 2 is 1.76 bits per heavy atom. The fraction of sp³-hybridized carbons (Fsp3) is 0.684. The topological polar surface area (TPSA) is 95.3 Å². The fourth-order valence-electron chi connectivity index (χ4n) is 8.70. The largest absolute Gasteiger partial charge is 0.444 e. The molecule has 6 heterocycles. The Bertz CT molecular complexity index is 1760. The molecule has 3 aromatic rings. The summed E-state index contributed by atoms with van der Waals surface area (Å²) in [6.07, 6.45) is 8.50. The molecule has 1 saturated carbocycles. The van der Waals surface area contributed by atoms with Crippen LogP contribution in [0.5, 0.6) is 0 Å². The number of anilines is 3. The average Bonchev–Trinajstić information content (AvgIpc) is 3.77. The van der Waals surface area contributed by atoms with Gasteiger partial charge in [-0.3, -0.25) is 0 Å². The Labute approximate surface area is 296 Å². The second-order valence-electron chi connectivity index (χ2n) is 16.5. The van der Waals surface area contributed by atoms with Gasteiger partial charge in [-0.25, -0.2) is 14.5 Å². The number of amides is 1. The van der Waals surface area contributed by atoms with Crippen molar-refractivity contribution in [1.29, 1.82) is 0 Å². The Morgan fingerprint density at radius 1 is 1.00 bits per heavy atom. The lowest BCUT2D eigenvalue weighted by Gasteiger charge is -2.47. The van der Waals surface area contributed by atoms with E-state index in [9.17, 15) is 4.79 Å². The van der Waals surface area contributed by atoms with Gasteiger partial charge < -0.3 is 34.0 Å². The third-order valence-corrected chi connectivity index (χ3v) is 12.0. The lowest BCUT2D eigenvalue weighted by molar-refractivity contribution is -0.0366. The highest BCUT2D eigenvalue weighted by Gasteiger charge is 2.55. The van der Waals surface area contributed by atoms with Gasteiger partial charge in [-0.2, -0.15) is 10.1 Å². The van der Waals surface area contributed by atoms with Gasteiger partial charge in [0.2, 0.25) is 5.95 Å². The number of nitrogens with zero attached hydrogens (tertiary/aromatic N) is 9. The predicted molar refractivity (Wildman–Crippen MR) is 196 cm³/mol. The Morgan fingerprint density at radius 3 is 2.42 bits per heavy atom. The van der Waals surface area contributed by atoms with Crippen LogP contribution in [0.3, 0.4) is 0 Å². The van der Waals surface area contributed by atoms with Crippen LogP contribution >= 0.6 is 0 Å². The molecule has 1 unspecified atom stereocenters. The maximum Gasteiger partial charge on any atom is 0.410 e. The van der Waals surface area contributed by atoms with E-state index in [0.29, 0.717) is 24.5 Å². The molecule has 50 heavy (non-hydrogen) atoms. The summed E-state index contributed by atoms with van der Waals surface area (Å²) in [5.41, 5.74) is 7.15. The Hall–Kier alpha value is -3.64. The zero-order chi connectivity index (χ0) is 34.9. The molecule has 0 N–H and O–H groups in total. The van der Waals surface area contributed by atoms with Crippen LogP contribution in [0, 0.1) is 19.8 Å². The Balaban J connectivity index is 1.10.